The van der Waals surface area contributed by atoms with Crippen LogP contribution in [0.4, 0.5) is 24.5 Å². The molecule has 16 aromatic rings. The van der Waals surface area contributed by atoms with Crippen LogP contribution in [0, 0.1) is 13.8 Å². The summed E-state index contributed by atoms with van der Waals surface area (Å²) in [4.78, 5) is 0. The molecule has 118 heavy (non-hydrogen) atoms. The van der Waals surface area contributed by atoms with Crippen LogP contribution in [-0.4, -0.2) is 29.2 Å². The Labute approximate surface area is 708 Å². The number of benzene rings is 16. The van der Waals surface area contributed by atoms with Crippen LogP contribution in [-0.2, 0) is 52.8 Å². The fourth-order valence-corrected chi connectivity index (χ4v) is 16.9. The van der Waals surface area contributed by atoms with E-state index >= 15 is 0 Å². The molecule has 16 aromatic carbocycles. The molecule has 0 aliphatic heterocycles. The molecule has 0 saturated heterocycles. The molecule has 0 saturated carbocycles. The van der Waals surface area contributed by atoms with Crippen molar-refractivity contribution in [1.82, 2.24) is 0 Å². The number of phenols is 4. The minimum Gasteiger partial charge on any atom is -0.507 e. The zero-order valence-electron chi connectivity index (χ0n) is 66.6. The van der Waals surface area contributed by atoms with Crippen LogP contribution in [0.5, 0.6) is 23.0 Å². The van der Waals surface area contributed by atoms with Crippen LogP contribution >= 0.6 is 0 Å². The fourth-order valence-electron chi connectivity index (χ4n) is 13.0. The molecule has 0 atom stereocenters. The Kier molecular flexibility index (Phi) is 31.2. The summed E-state index contributed by atoms with van der Waals surface area (Å²) in [6.07, 6.45) is -4.36. The van der Waals surface area contributed by atoms with E-state index in [2.05, 4.69) is 102 Å². The first-order valence-corrected chi connectivity index (χ1v) is 42.8. The molecule has 0 amide bonds. The Bertz CT molecular complexity index is 5220. The number of rotatable bonds is 14. The van der Waals surface area contributed by atoms with E-state index in [-0.39, 0.29) is 16.5 Å². The van der Waals surface area contributed by atoms with Gasteiger partial charge in [-0.05, 0) is 44.5 Å². The van der Waals surface area contributed by atoms with Crippen LogP contribution in [0.2, 0.25) is 0 Å². The minimum absolute atomic E-state index is 0.0394. The average Bonchev–Trinajstić information content (AvgIpc) is 0.735. The largest absolute Gasteiger partial charge is 0.507 e. The molecule has 0 bridgehead atoms. The number of aryl methyl sites for hydroxylation is 2. The maximum absolute atomic E-state index is 12.9. The van der Waals surface area contributed by atoms with E-state index < -0.39 is 47.6 Å². The molecular formula is C107H93F3Mo2N2O4. The number of para-hydroxylation sites is 4. The van der Waals surface area contributed by atoms with Gasteiger partial charge in [0.05, 0.1) is 0 Å². The van der Waals surface area contributed by atoms with Gasteiger partial charge in [-0.1, -0.05) is 315 Å². The van der Waals surface area contributed by atoms with E-state index in [0.29, 0.717) is 23.0 Å². The average molecular weight is 1720 g/mol. The maximum Gasteiger partial charge on any atom is 0.131 e. The van der Waals surface area contributed by atoms with Gasteiger partial charge < -0.3 is 20.4 Å². The van der Waals surface area contributed by atoms with Crippen LogP contribution in [0.1, 0.15) is 55.5 Å². The van der Waals surface area contributed by atoms with Crippen molar-refractivity contribution in [3.8, 4) is 112 Å². The molecule has 0 aliphatic rings. The second kappa shape index (κ2) is 42.7. The summed E-state index contributed by atoms with van der Waals surface area (Å²) in [5.74, 6) is 1.33. The van der Waals surface area contributed by atoms with Gasteiger partial charge in [0.2, 0.25) is 0 Å². The smallest absolute Gasteiger partial charge is 0.131 e. The summed E-state index contributed by atoms with van der Waals surface area (Å²) in [6, 6.07) is 135. The summed E-state index contributed by atoms with van der Waals surface area (Å²) < 4.78 is 52.4. The topological polar surface area (TPSA) is 106 Å². The summed E-state index contributed by atoms with van der Waals surface area (Å²) in [5.41, 5.74) is 20.6. The molecule has 16 rings (SSSR count). The van der Waals surface area contributed by atoms with Crippen molar-refractivity contribution >= 4 is 20.2 Å². The van der Waals surface area contributed by atoms with Gasteiger partial charge >= 0.3 is 266 Å². The van der Waals surface area contributed by atoms with Crippen LogP contribution in [0.15, 0.2) is 426 Å². The van der Waals surface area contributed by atoms with E-state index in [0.717, 1.165) is 101 Å². The number of alkyl halides is 3. The third kappa shape index (κ3) is 24.0. The first-order valence-electron chi connectivity index (χ1n) is 38.7. The Morgan fingerprint density at radius 3 is 0.661 bits per heavy atom. The summed E-state index contributed by atoms with van der Waals surface area (Å²) in [7, 11) is 0. The normalized spacial score (nSPS) is 10.7. The number of aromatic hydroxyl groups is 4. The van der Waals surface area contributed by atoms with E-state index in [1.807, 2.05) is 346 Å². The Morgan fingerprint density at radius 2 is 0.432 bits per heavy atom. The predicted octanol–water partition coefficient (Wildman–Crippen LogP) is 29.3. The molecule has 588 valence electrons. The van der Waals surface area contributed by atoms with Crippen LogP contribution in [0.3, 0.4) is 0 Å². The Hall–Kier alpha value is -12.8. The summed E-state index contributed by atoms with van der Waals surface area (Å²) in [5, 5.41) is 42.0. The van der Waals surface area contributed by atoms with Crippen LogP contribution in [0.25, 0.3) is 89.0 Å². The van der Waals surface area contributed by atoms with Gasteiger partial charge in [0, 0.05) is 44.5 Å². The van der Waals surface area contributed by atoms with Crippen molar-refractivity contribution in [2.45, 2.75) is 58.5 Å². The Balaban J connectivity index is 0.000000139. The number of hydrogen-bond donors (Lipinski definition) is 4. The monoisotopic (exact) mass is 1720 g/mol. The number of halogens is 3. The van der Waals surface area contributed by atoms with Gasteiger partial charge in [-0.2, -0.15) is 0 Å². The van der Waals surface area contributed by atoms with Gasteiger partial charge in [-0.3, -0.25) is 0 Å². The zero-order valence-corrected chi connectivity index (χ0v) is 70.6. The SMILES string of the molecule is CC(C)([CH]=[Mo]=[N]c1ccccc1C(F)(F)F)c1ccccc1.Cc1cccc(C)c1[N]=[Mo]=[CH]C(C)(C)c1ccccc1.Oc1c(-c2ccccc2)cccc1-c1ccccc1.Oc1c(-c2ccccc2)cccc1-c1ccccc1.Oc1c(-c2ccccc2)cccc1-c1ccccc1.Oc1c(-c2ccccc2)cccc1-c1ccccc1. The van der Waals surface area contributed by atoms with Crippen molar-refractivity contribution in [3.05, 3.63) is 446 Å². The summed E-state index contributed by atoms with van der Waals surface area (Å²) in [6.45, 7) is 12.9. The van der Waals surface area contributed by atoms with Crippen molar-refractivity contribution in [2.24, 2.45) is 6.99 Å². The molecule has 0 fully saturated rings. The molecule has 6 nitrogen and oxygen atoms in total. The first-order chi connectivity index (χ1) is 57.3. The number of hydrogen-bond acceptors (Lipinski definition) is 6. The van der Waals surface area contributed by atoms with Gasteiger partial charge in [0.25, 0.3) is 0 Å². The fraction of sp³-hybridized carbons (Fsp3) is 0.0841. The molecule has 0 unspecified atom stereocenters. The van der Waals surface area contributed by atoms with Crippen molar-refractivity contribution < 1.29 is 69.4 Å². The zero-order chi connectivity index (χ0) is 83.1. The second-order valence-corrected chi connectivity index (χ2v) is 31.9. The maximum atomic E-state index is 12.9. The molecule has 0 heterocycles. The molecule has 0 radical (unpaired) electrons. The number of phenolic OH excluding ortho intramolecular Hbond substituents is 4. The first kappa shape index (κ1) is 86.1. The quantitative estimate of drug-likeness (QED) is 0.0814. The molecular weight excluding hydrogens is 1630 g/mol. The van der Waals surface area contributed by atoms with E-state index in [1.54, 1.807) is 6.07 Å². The van der Waals surface area contributed by atoms with Crippen LogP contribution < -0.4 is 0 Å². The van der Waals surface area contributed by atoms with E-state index in [1.165, 1.54) is 34.5 Å². The molecule has 4 N–H and O–H groups in total. The molecule has 11 heteroatoms. The molecule has 0 aliphatic carbocycles. The Morgan fingerprint density at radius 1 is 0.237 bits per heavy atom. The van der Waals surface area contributed by atoms with E-state index in [4.69, 9.17) is 3.50 Å². The van der Waals surface area contributed by atoms with Crippen molar-refractivity contribution in [2.75, 3.05) is 0 Å². The minimum atomic E-state index is -4.36. The standard InChI is InChI=1S/4C18H14O.2C10H12.C8H9N.C7H4F3N.2Mo/c4*19-18-16(14-8-3-1-4-9-14)12-7-13-17(18)15-10-5-2-6-11-15;2*1-10(2,3)9-7-5-4-6-8-9;1-6-4-3-5-7(2)8(6)9;8-7(9,10)5-3-1-2-4-6(5)11;;/h4*1-13,19H;2*1,4-8H,2-3H3;3-5H,1-2H3;1-4H;;. The van der Waals surface area contributed by atoms with Gasteiger partial charge in [0.15, 0.2) is 0 Å². The summed E-state index contributed by atoms with van der Waals surface area (Å²) >= 11 is -1.52. The van der Waals surface area contributed by atoms with Gasteiger partial charge in [-0.25, -0.2) is 0 Å². The molecule has 0 spiro atoms. The third-order valence-corrected chi connectivity index (χ3v) is 24.4. The van der Waals surface area contributed by atoms with Gasteiger partial charge in [0.1, 0.15) is 23.0 Å². The molecule has 0 aromatic heterocycles. The van der Waals surface area contributed by atoms with Gasteiger partial charge in [-0.15, -0.1) is 0 Å². The van der Waals surface area contributed by atoms with E-state index in [9.17, 15) is 33.6 Å². The third-order valence-electron chi connectivity index (χ3n) is 19.5. The van der Waals surface area contributed by atoms with Crippen molar-refractivity contribution in [3.63, 3.8) is 0 Å². The predicted molar refractivity (Wildman–Crippen MR) is 479 cm³/mol. The number of nitrogens with zero attached hydrogens (tertiary/aromatic N) is 2. The van der Waals surface area contributed by atoms with Crippen molar-refractivity contribution in [1.29, 1.82) is 0 Å². The second-order valence-electron chi connectivity index (χ2n) is 28.8.